The minimum atomic E-state index is -0.156. The van der Waals surface area contributed by atoms with Crippen LogP contribution in [0, 0.1) is 0 Å². The van der Waals surface area contributed by atoms with Crippen molar-refractivity contribution in [1.29, 1.82) is 0 Å². The van der Waals surface area contributed by atoms with Crippen LogP contribution in [0.4, 0.5) is 4.79 Å². The van der Waals surface area contributed by atoms with E-state index in [9.17, 15) is 4.79 Å². The summed E-state index contributed by atoms with van der Waals surface area (Å²) in [7, 11) is 0. The van der Waals surface area contributed by atoms with Gasteiger partial charge in [0.2, 0.25) is 0 Å². The second kappa shape index (κ2) is 5.68. The highest BCUT2D eigenvalue weighted by Crippen LogP contribution is 2.49. The van der Waals surface area contributed by atoms with Crippen LogP contribution in [-0.4, -0.2) is 36.4 Å². The highest BCUT2D eigenvalue weighted by Gasteiger charge is 2.41. The molecule has 3 rings (SSSR count). The van der Waals surface area contributed by atoms with Crippen molar-refractivity contribution in [3.63, 3.8) is 0 Å². The Labute approximate surface area is 124 Å². The van der Waals surface area contributed by atoms with Gasteiger partial charge in [-0.25, -0.2) is 4.79 Å². The molecular formula is C16H21NO2S. The Kier molecular flexibility index (Phi) is 3.92. The molecule has 0 aliphatic carbocycles. The van der Waals surface area contributed by atoms with E-state index < -0.39 is 0 Å². The van der Waals surface area contributed by atoms with Crippen molar-refractivity contribution in [2.75, 3.05) is 25.4 Å². The molecule has 1 aromatic rings. The maximum Gasteiger partial charge on any atom is 0.409 e. The number of carbonyl (C=O) groups excluding carboxylic acids is 1. The van der Waals surface area contributed by atoms with Gasteiger partial charge in [-0.15, -0.1) is 11.8 Å². The highest BCUT2D eigenvalue weighted by molar-refractivity contribution is 8.00. The lowest BCUT2D eigenvalue weighted by Crippen LogP contribution is -2.45. The first-order valence-electron chi connectivity index (χ1n) is 7.39. The predicted octanol–water partition coefficient (Wildman–Crippen LogP) is 3.42. The number of carbonyl (C=O) groups is 1. The normalized spacial score (nSPS) is 20.6. The predicted molar refractivity (Wildman–Crippen MR) is 82.1 cm³/mol. The largest absolute Gasteiger partial charge is 0.450 e. The second-order valence-corrected chi connectivity index (χ2v) is 6.91. The summed E-state index contributed by atoms with van der Waals surface area (Å²) in [4.78, 5) is 13.7. The molecule has 4 heteroatoms. The lowest BCUT2D eigenvalue weighted by Gasteiger charge is -2.44. The molecule has 2 aliphatic heterocycles. The number of piperidine rings is 1. The molecular weight excluding hydrogens is 270 g/mol. The van der Waals surface area contributed by atoms with Crippen LogP contribution in [0.25, 0.3) is 0 Å². The third kappa shape index (κ3) is 2.41. The van der Waals surface area contributed by atoms with Crippen LogP contribution >= 0.6 is 11.8 Å². The molecule has 1 saturated heterocycles. The summed E-state index contributed by atoms with van der Waals surface area (Å²) < 4.78 is 5.33. The van der Waals surface area contributed by atoms with E-state index in [2.05, 4.69) is 36.0 Å². The number of aryl methyl sites for hydroxylation is 1. The zero-order valence-corrected chi connectivity index (χ0v) is 12.7. The highest BCUT2D eigenvalue weighted by atomic mass is 32.2. The average molecular weight is 291 g/mol. The minimum Gasteiger partial charge on any atom is -0.450 e. The summed E-state index contributed by atoms with van der Waals surface area (Å²) in [5.74, 6) is 1.19. The molecule has 1 fully saturated rings. The van der Waals surface area contributed by atoms with Crippen molar-refractivity contribution in [3.05, 3.63) is 35.4 Å². The maximum atomic E-state index is 11.8. The summed E-state index contributed by atoms with van der Waals surface area (Å²) in [6, 6.07) is 8.82. The van der Waals surface area contributed by atoms with Gasteiger partial charge in [-0.05, 0) is 43.1 Å². The molecule has 2 heterocycles. The molecule has 1 spiro atoms. The number of thioether (sulfide) groups is 1. The van der Waals surface area contributed by atoms with Crippen molar-refractivity contribution in [3.8, 4) is 0 Å². The number of nitrogens with zero attached hydrogens (tertiary/aromatic N) is 1. The number of benzene rings is 1. The maximum absolute atomic E-state index is 11.8. The van der Waals surface area contributed by atoms with Gasteiger partial charge in [0.25, 0.3) is 0 Å². The van der Waals surface area contributed by atoms with E-state index in [4.69, 9.17) is 4.74 Å². The Bertz CT molecular complexity index is 495. The van der Waals surface area contributed by atoms with Gasteiger partial charge in [0.05, 0.1) is 6.61 Å². The van der Waals surface area contributed by atoms with Gasteiger partial charge >= 0.3 is 6.09 Å². The number of likely N-dealkylation sites (tertiary alicyclic amines) is 1. The summed E-state index contributed by atoms with van der Waals surface area (Å²) in [6.45, 7) is 3.93. The first kappa shape index (κ1) is 13.8. The van der Waals surface area contributed by atoms with E-state index in [0.29, 0.717) is 6.61 Å². The fraction of sp³-hybridized carbons (Fsp3) is 0.562. The molecule has 1 aromatic carbocycles. The Hall–Kier alpha value is -1.16. The molecule has 0 bridgehead atoms. The van der Waals surface area contributed by atoms with Gasteiger partial charge in [0.15, 0.2) is 0 Å². The quantitative estimate of drug-likeness (QED) is 0.794. The third-order valence-electron chi connectivity index (χ3n) is 4.36. The van der Waals surface area contributed by atoms with Crippen LogP contribution in [0.2, 0.25) is 0 Å². The van der Waals surface area contributed by atoms with Crippen LogP contribution in [0.15, 0.2) is 24.3 Å². The molecule has 2 aliphatic rings. The first-order valence-corrected chi connectivity index (χ1v) is 8.38. The molecule has 108 valence electrons. The fourth-order valence-electron chi connectivity index (χ4n) is 3.30. The molecule has 1 amide bonds. The molecule has 0 aromatic heterocycles. The smallest absolute Gasteiger partial charge is 0.409 e. The summed E-state index contributed by atoms with van der Waals surface area (Å²) in [6.07, 6.45) is 3.09. The van der Waals surface area contributed by atoms with Crippen molar-refractivity contribution in [2.45, 2.75) is 30.9 Å². The summed E-state index contributed by atoms with van der Waals surface area (Å²) in [5.41, 5.74) is 3.00. The first-order chi connectivity index (χ1) is 9.75. The molecule has 0 radical (unpaired) electrons. The fourth-order valence-corrected chi connectivity index (χ4v) is 4.83. The van der Waals surface area contributed by atoms with Crippen LogP contribution in [0.5, 0.6) is 0 Å². The van der Waals surface area contributed by atoms with Gasteiger partial charge in [-0.3, -0.25) is 0 Å². The number of rotatable bonds is 1. The topological polar surface area (TPSA) is 29.5 Å². The monoisotopic (exact) mass is 291 g/mol. The van der Waals surface area contributed by atoms with E-state index in [1.54, 1.807) is 0 Å². The molecule has 0 unspecified atom stereocenters. The zero-order valence-electron chi connectivity index (χ0n) is 11.9. The Morgan fingerprint density at radius 1 is 1.35 bits per heavy atom. The van der Waals surface area contributed by atoms with Crippen LogP contribution < -0.4 is 0 Å². The summed E-state index contributed by atoms with van der Waals surface area (Å²) in [5, 5.41) is 0. The van der Waals surface area contributed by atoms with Gasteiger partial charge in [-0.2, -0.15) is 0 Å². The number of fused-ring (bicyclic) bond motifs is 2. The van der Waals surface area contributed by atoms with E-state index in [0.717, 1.165) is 25.9 Å². The van der Waals surface area contributed by atoms with Crippen LogP contribution in [0.1, 0.15) is 30.9 Å². The van der Waals surface area contributed by atoms with Crippen molar-refractivity contribution in [1.82, 2.24) is 4.90 Å². The lowest BCUT2D eigenvalue weighted by molar-refractivity contribution is 0.0947. The minimum absolute atomic E-state index is 0.156. The number of hydrogen-bond acceptors (Lipinski definition) is 3. The molecule has 3 nitrogen and oxygen atoms in total. The van der Waals surface area contributed by atoms with E-state index in [1.165, 1.54) is 23.3 Å². The van der Waals surface area contributed by atoms with E-state index in [-0.39, 0.29) is 10.8 Å². The van der Waals surface area contributed by atoms with Gasteiger partial charge < -0.3 is 9.64 Å². The van der Waals surface area contributed by atoms with E-state index >= 15 is 0 Å². The molecule has 20 heavy (non-hydrogen) atoms. The summed E-state index contributed by atoms with van der Waals surface area (Å²) >= 11 is 2.08. The standard InChI is InChI=1S/C16H21NO2S/c1-2-19-15(18)17-10-8-16(9-11-17)14-6-4-3-5-13(14)7-12-20-16/h3-6H,2,7-12H2,1H3. The number of ether oxygens (including phenoxy) is 1. The van der Waals surface area contributed by atoms with Crippen molar-refractivity contribution in [2.24, 2.45) is 0 Å². The van der Waals surface area contributed by atoms with Crippen molar-refractivity contribution >= 4 is 17.9 Å². The van der Waals surface area contributed by atoms with Gasteiger partial charge in [0.1, 0.15) is 0 Å². The average Bonchev–Trinajstić information content (AvgIpc) is 2.49. The third-order valence-corrected chi connectivity index (χ3v) is 5.94. The molecule has 0 N–H and O–H groups in total. The Morgan fingerprint density at radius 2 is 2.10 bits per heavy atom. The van der Waals surface area contributed by atoms with Crippen LogP contribution in [0.3, 0.4) is 0 Å². The SMILES string of the molecule is CCOC(=O)N1CCC2(CC1)SCCc1ccccc12. The van der Waals surface area contributed by atoms with Crippen molar-refractivity contribution < 1.29 is 9.53 Å². The van der Waals surface area contributed by atoms with E-state index in [1.807, 2.05) is 11.8 Å². The molecule has 0 saturated carbocycles. The number of hydrogen-bond donors (Lipinski definition) is 0. The second-order valence-electron chi connectivity index (χ2n) is 5.44. The lowest BCUT2D eigenvalue weighted by atomic mass is 9.84. The molecule has 0 atom stereocenters. The van der Waals surface area contributed by atoms with Crippen LogP contribution in [-0.2, 0) is 15.9 Å². The Balaban J connectivity index is 1.76. The Morgan fingerprint density at radius 3 is 2.85 bits per heavy atom. The number of amides is 1. The van der Waals surface area contributed by atoms with Gasteiger partial charge in [-0.1, -0.05) is 24.3 Å². The van der Waals surface area contributed by atoms with Gasteiger partial charge in [0, 0.05) is 17.8 Å². The zero-order chi connectivity index (χ0) is 14.0.